The number of epoxide rings is 1. The quantitative estimate of drug-likeness (QED) is 0.618. The molecule has 0 aromatic heterocycles. The first-order chi connectivity index (χ1) is 5.27. The molecule has 1 aromatic carbocycles. The molecule has 11 heavy (non-hydrogen) atoms. The lowest BCUT2D eigenvalue weighted by atomic mass is 10.2. The molecule has 1 saturated heterocycles. The van der Waals surface area contributed by atoms with Crippen LogP contribution in [0.3, 0.4) is 0 Å². The summed E-state index contributed by atoms with van der Waals surface area (Å²) >= 11 is 11.5. The van der Waals surface area contributed by atoms with Crippen molar-refractivity contribution in [3.8, 4) is 0 Å². The number of hydrogen-bond acceptors (Lipinski definition) is 1. The molecule has 3 heteroatoms. The molecule has 1 fully saturated rings. The molecule has 0 aliphatic carbocycles. The Labute approximate surface area is 74.9 Å². The van der Waals surface area contributed by atoms with Gasteiger partial charge in [-0.25, -0.2) is 0 Å². The molecular formula is C8H6Cl2O. The molecule has 2 rings (SSSR count). The van der Waals surface area contributed by atoms with Crippen molar-refractivity contribution in [3.05, 3.63) is 33.8 Å². The summed E-state index contributed by atoms with van der Waals surface area (Å²) in [5.41, 5.74) is 1.11. The van der Waals surface area contributed by atoms with Gasteiger partial charge in [0.2, 0.25) is 0 Å². The van der Waals surface area contributed by atoms with E-state index >= 15 is 0 Å². The topological polar surface area (TPSA) is 12.5 Å². The Morgan fingerprint density at radius 3 is 2.55 bits per heavy atom. The second-order valence-corrected chi connectivity index (χ2v) is 3.31. The van der Waals surface area contributed by atoms with Crippen molar-refractivity contribution in [1.29, 1.82) is 0 Å². The monoisotopic (exact) mass is 188 g/mol. The summed E-state index contributed by atoms with van der Waals surface area (Å²) in [5, 5.41) is 1.19. The van der Waals surface area contributed by atoms with Gasteiger partial charge in [0.15, 0.2) is 0 Å². The summed E-state index contributed by atoms with van der Waals surface area (Å²) in [4.78, 5) is 0. The van der Waals surface area contributed by atoms with Gasteiger partial charge in [-0.3, -0.25) is 0 Å². The van der Waals surface area contributed by atoms with Gasteiger partial charge >= 0.3 is 0 Å². The van der Waals surface area contributed by atoms with E-state index in [0.717, 1.165) is 12.2 Å². The third kappa shape index (κ3) is 1.51. The lowest BCUT2D eigenvalue weighted by Gasteiger charge is -1.97. The smallest absolute Gasteiger partial charge is 0.106 e. The van der Waals surface area contributed by atoms with Gasteiger partial charge in [-0.05, 0) is 17.7 Å². The molecular weight excluding hydrogens is 183 g/mol. The fourth-order valence-corrected chi connectivity index (χ4v) is 1.26. The van der Waals surface area contributed by atoms with Crippen LogP contribution in [0, 0.1) is 0 Å². The number of ether oxygens (including phenoxy) is 1. The normalized spacial score (nSPS) is 21.8. The summed E-state index contributed by atoms with van der Waals surface area (Å²) in [6.07, 6.45) is 0.254. The van der Waals surface area contributed by atoms with Crippen molar-refractivity contribution in [2.75, 3.05) is 6.61 Å². The Balaban J connectivity index is 2.36. The first-order valence-corrected chi connectivity index (χ1v) is 4.09. The largest absolute Gasteiger partial charge is 0.368 e. The first-order valence-electron chi connectivity index (χ1n) is 3.34. The summed E-state index contributed by atoms with van der Waals surface area (Å²) < 4.78 is 5.09. The van der Waals surface area contributed by atoms with Gasteiger partial charge in [-0.15, -0.1) is 0 Å². The van der Waals surface area contributed by atoms with Gasteiger partial charge in [0, 0.05) is 0 Å². The van der Waals surface area contributed by atoms with E-state index in [4.69, 9.17) is 27.9 Å². The van der Waals surface area contributed by atoms with Crippen LogP contribution in [0.1, 0.15) is 11.7 Å². The van der Waals surface area contributed by atoms with E-state index in [1.165, 1.54) is 0 Å². The molecule has 0 N–H and O–H groups in total. The van der Waals surface area contributed by atoms with Crippen LogP contribution in [0.5, 0.6) is 0 Å². The Morgan fingerprint density at radius 2 is 2.00 bits per heavy atom. The molecule has 1 heterocycles. The molecule has 0 amide bonds. The molecule has 1 atom stereocenters. The fourth-order valence-electron chi connectivity index (χ4n) is 0.953. The van der Waals surface area contributed by atoms with Gasteiger partial charge in [0.05, 0.1) is 16.7 Å². The zero-order chi connectivity index (χ0) is 7.84. The van der Waals surface area contributed by atoms with Gasteiger partial charge in [-0.2, -0.15) is 0 Å². The van der Waals surface area contributed by atoms with Crippen molar-refractivity contribution >= 4 is 23.2 Å². The highest BCUT2D eigenvalue weighted by molar-refractivity contribution is 6.42. The zero-order valence-corrected chi connectivity index (χ0v) is 7.19. The molecule has 1 unspecified atom stereocenters. The maximum absolute atomic E-state index is 5.80. The van der Waals surface area contributed by atoms with Crippen LogP contribution in [0.2, 0.25) is 10.0 Å². The van der Waals surface area contributed by atoms with E-state index in [0.29, 0.717) is 10.0 Å². The molecule has 0 spiro atoms. The van der Waals surface area contributed by atoms with Gasteiger partial charge in [-0.1, -0.05) is 29.3 Å². The molecule has 1 aromatic rings. The predicted octanol–water partition coefficient (Wildman–Crippen LogP) is 3.06. The Hall–Kier alpha value is -0.240. The van der Waals surface area contributed by atoms with E-state index in [9.17, 15) is 0 Å². The molecule has 1 aliphatic heterocycles. The van der Waals surface area contributed by atoms with Crippen LogP contribution in [0.4, 0.5) is 0 Å². The SMILES string of the molecule is Clc1ccc(C2CO2)cc1Cl. The van der Waals surface area contributed by atoms with Crippen LogP contribution in [0.25, 0.3) is 0 Å². The lowest BCUT2D eigenvalue weighted by molar-refractivity contribution is 0.415. The molecule has 1 nitrogen and oxygen atoms in total. The fraction of sp³-hybridized carbons (Fsp3) is 0.250. The average molecular weight is 189 g/mol. The van der Waals surface area contributed by atoms with E-state index in [1.54, 1.807) is 6.07 Å². The predicted molar refractivity (Wildman–Crippen MR) is 45.2 cm³/mol. The van der Waals surface area contributed by atoms with Crippen molar-refractivity contribution in [2.45, 2.75) is 6.10 Å². The summed E-state index contributed by atoms with van der Waals surface area (Å²) in [7, 11) is 0. The highest BCUT2D eigenvalue weighted by atomic mass is 35.5. The van der Waals surface area contributed by atoms with E-state index < -0.39 is 0 Å². The second kappa shape index (κ2) is 2.67. The minimum Gasteiger partial charge on any atom is -0.368 e. The Morgan fingerprint density at radius 1 is 1.27 bits per heavy atom. The summed E-state index contributed by atoms with van der Waals surface area (Å²) in [6.45, 7) is 0.804. The minimum atomic E-state index is 0.254. The molecule has 0 saturated carbocycles. The van der Waals surface area contributed by atoms with Crippen LogP contribution in [-0.2, 0) is 4.74 Å². The highest BCUT2D eigenvalue weighted by Gasteiger charge is 2.24. The van der Waals surface area contributed by atoms with Gasteiger partial charge in [0.1, 0.15) is 6.10 Å². The number of benzene rings is 1. The van der Waals surface area contributed by atoms with Crippen LogP contribution in [-0.4, -0.2) is 6.61 Å². The van der Waals surface area contributed by atoms with Gasteiger partial charge in [0.25, 0.3) is 0 Å². The molecule has 0 bridgehead atoms. The molecule has 58 valence electrons. The maximum atomic E-state index is 5.80. The third-order valence-corrected chi connectivity index (χ3v) is 2.39. The van der Waals surface area contributed by atoms with E-state index in [1.807, 2.05) is 12.1 Å². The second-order valence-electron chi connectivity index (χ2n) is 2.50. The highest BCUT2D eigenvalue weighted by Crippen LogP contribution is 2.33. The summed E-state index contributed by atoms with van der Waals surface area (Å²) in [6, 6.07) is 5.58. The van der Waals surface area contributed by atoms with Crippen molar-refractivity contribution in [1.82, 2.24) is 0 Å². The van der Waals surface area contributed by atoms with Crippen molar-refractivity contribution in [2.24, 2.45) is 0 Å². The number of hydrogen-bond donors (Lipinski definition) is 0. The van der Waals surface area contributed by atoms with Crippen molar-refractivity contribution in [3.63, 3.8) is 0 Å². The Kier molecular flexibility index (Phi) is 1.80. The number of halogens is 2. The standard InChI is InChI=1S/C8H6Cl2O/c9-6-2-1-5(3-7(6)10)8-4-11-8/h1-3,8H,4H2. The minimum absolute atomic E-state index is 0.254. The van der Waals surface area contributed by atoms with Crippen LogP contribution >= 0.6 is 23.2 Å². The maximum Gasteiger partial charge on any atom is 0.106 e. The van der Waals surface area contributed by atoms with Gasteiger partial charge < -0.3 is 4.74 Å². The Bertz CT molecular complexity index is 281. The molecule has 0 radical (unpaired) electrons. The number of rotatable bonds is 1. The van der Waals surface area contributed by atoms with E-state index in [2.05, 4.69) is 0 Å². The molecule has 1 aliphatic rings. The average Bonchev–Trinajstić information content (AvgIpc) is 2.77. The lowest BCUT2D eigenvalue weighted by Crippen LogP contribution is -1.79. The van der Waals surface area contributed by atoms with Crippen LogP contribution in [0.15, 0.2) is 18.2 Å². The van der Waals surface area contributed by atoms with Crippen molar-refractivity contribution < 1.29 is 4.74 Å². The van der Waals surface area contributed by atoms with Crippen LogP contribution < -0.4 is 0 Å². The van der Waals surface area contributed by atoms with E-state index in [-0.39, 0.29) is 6.10 Å². The summed E-state index contributed by atoms with van der Waals surface area (Å²) in [5.74, 6) is 0. The first kappa shape index (κ1) is 7.41. The third-order valence-electron chi connectivity index (χ3n) is 1.65. The zero-order valence-electron chi connectivity index (χ0n) is 5.68.